The number of benzene rings is 2. The molecule has 17 heavy (non-hydrogen) atoms. The summed E-state index contributed by atoms with van der Waals surface area (Å²) in [5.74, 6) is 6.71. The van der Waals surface area contributed by atoms with Gasteiger partial charge in [0.15, 0.2) is 0 Å². The molecule has 2 aromatic carbocycles. The summed E-state index contributed by atoms with van der Waals surface area (Å²) in [6, 6.07) is 17.1. The molecule has 0 spiro atoms. The Morgan fingerprint density at radius 3 is 2.59 bits per heavy atom. The third-order valence-electron chi connectivity index (χ3n) is 2.11. The van der Waals surface area contributed by atoms with E-state index in [1.54, 1.807) is 6.07 Å². The fourth-order valence-corrected chi connectivity index (χ4v) is 1.52. The number of hydrogen-bond donors (Lipinski definition) is 0. The van der Waals surface area contributed by atoms with Crippen LogP contribution in [-0.2, 0) is 0 Å². The Balaban J connectivity index is 1.90. The summed E-state index contributed by atoms with van der Waals surface area (Å²) in [6.45, 7) is 0.356. The highest BCUT2D eigenvalue weighted by molar-refractivity contribution is 6.30. The van der Waals surface area contributed by atoms with Crippen molar-refractivity contribution in [2.45, 2.75) is 0 Å². The SMILES string of the molecule is Clc1cccc(OCC#Cc2ccccc2)c1. The van der Waals surface area contributed by atoms with Crippen LogP contribution in [0.4, 0.5) is 0 Å². The summed E-state index contributed by atoms with van der Waals surface area (Å²) in [7, 11) is 0. The standard InChI is InChI=1S/C15H11ClO/c16-14-9-4-10-15(12-14)17-11-5-8-13-6-2-1-3-7-13/h1-4,6-7,9-10,12H,11H2. The Morgan fingerprint density at radius 2 is 1.82 bits per heavy atom. The largest absolute Gasteiger partial charge is 0.481 e. The lowest BCUT2D eigenvalue weighted by Gasteiger charge is -2.01. The Labute approximate surface area is 106 Å². The van der Waals surface area contributed by atoms with E-state index in [1.807, 2.05) is 48.5 Å². The van der Waals surface area contributed by atoms with Gasteiger partial charge in [0, 0.05) is 10.6 Å². The fourth-order valence-electron chi connectivity index (χ4n) is 1.34. The lowest BCUT2D eigenvalue weighted by atomic mass is 10.2. The van der Waals surface area contributed by atoms with Crippen molar-refractivity contribution in [3.05, 3.63) is 65.2 Å². The van der Waals surface area contributed by atoms with E-state index in [0.29, 0.717) is 11.6 Å². The molecule has 1 nitrogen and oxygen atoms in total. The maximum Gasteiger partial charge on any atom is 0.149 e. The molecule has 0 bridgehead atoms. The number of hydrogen-bond acceptors (Lipinski definition) is 1. The predicted molar refractivity (Wildman–Crippen MR) is 70.3 cm³/mol. The molecule has 0 unspecified atom stereocenters. The van der Waals surface area contributed by atoms with Crippen LogP contribution in [0.2, 0.25) is 5.02 Å². The van der Waals surface area contributed by atoms with Crippen LogP contribution in [-0.4, -0.2) is 6.61 Å². The van der Waals surface area contributed by atoms with E-state index in [1.165, 1.54) is 0 Å². The van der Waals surface area contributed by atoms with E-state index < -0.39 is 0 Å². The molecule has 0 heterocycles. The molecule has 0 saturated heterocycles. The van der Waals surface area contributed by atoms with Gasteiger partial charge in [-0.2, -0.15) is 0 Å². The lowest BCUT2D eigenvalue weighted by molar-refractivity contribution is 0.370. The van der Waals surface area contributed by atoms with Gasteiger partial charge in [-0.1, -0.05) is 47.7 Å². The van der Waals surface area contributed by atoms with Crippen LogP contribution in [0.3, 0.4) is 0 Å². The van der Waals surface area contributed by atoms with E-state index in [2.05, 4.69) is 11.8 Å². The molecular weight excluding hydrogens is 232 g/mol. The fraction of sp³-hybridized carbons (Fsp3) is 0.0667. The third kappa shape index (κ3) is 3.86. The van der Waals surface area contributed by atoms with Gasteiger partial charge >= 0.3 is 0 Å². The Kier molecular flexibility index (Phi) is 4.07. The average Bonchev–Trinajstić information content (AvgIpc) is 2.36. The molecule has 0 aliphatic heterocycles. The quantitative estimate of drug-likeness (QED) is 0.729. The summed E-state index contributed by atoms with van der Waals surface area (Å²) < 4.78 is 5.45. The third-order valence-corrected chi connectivity index (χ3v) is 2.35. The second kappa shape index (κ2) is 5.98. The van der Waals surface area contributed by atoms with Crippen molar-refractivity contribution >= 4 is 11.6 Å². The lowest BCUT2D eigenvalue weighted by Crippen LogP contribution is -1.93. The van der Waals surface area contributed by atoms with E-state index in [9.17, 15) is 0 Å². The van der Waals surface area contributed by atoms with Crippen LogP contribution < -0.4 is 4.74 Å². The van der Waals surface area contributed by atoms with Crippen molar-refractivity contribution in [2.24, 2.45) is 0 Å². The van der Waals surface area contributed by atoms with Gasteiger partial charge in [-0.3, -0.25) is 0 Å². The van der Waals surface area contributed by atoms with Crippen molar-refractivity contribution in [3.8, 4) is 17.6 Å². The highest BCUT2D eigenvalue weighted by Gasteiger charge is 1.92. The summed E-state index contributed by atoms with van der Waals surface area (Å²) in [4.78, 5) is 0. The minimum atomic E-state index is 0.356. The predicted octanol–water partition coefficient (Wildman–Crippen LogP) is 3.77. The maximum atomic E-state index is 5.84. The van der Waals surface area contributed by atoms with Crippen molar-refractivity contribution in [1.29, 1.82) is 0 Å². The Bertz CT molecular complexity index is 538. The van der Waals surface area contributed by atoms with E-state index in [4.69, 9.17) is 16.3 Å². The number of ether oxygens (including phenoxy) is 1. The normalized spacial score (nSPS) is 9.24. The summed E-state index contributed by atoms with van der Waals surface area (Å²) in [6.07, 6.45) is 0. The molecule has 0 saturated carbocycles. The molecular formula is C15H11ClO. The molecule has 0 N–H and O–H groups in total. The summed E-state index contributed by atoms with van der Waals surface area (Å²) >= 11 is 5.84. The van der Waals surface area contributed by atoms with Crippen LogP contribution in [0, 0.1) is 11.8 Å². The number of halogens is 1. The second-order valence-corrected chi connectivity index (χ2v) is 3.85. The Morgan fingerprint density at radius 1 is 1.00 bits per heavy atom. The summed E-state index contributed by atoms with van der Waals surface area (Å²) in [5.41, 5.74) is 0.988. The van der Waals surface area contributed by atoms with Gasteiger partial charge in [0.25, 0.3) is 0 Å². The van der Waals surface area contributed by atoms with Gasteiger partial charge in [0.2, 0.25) is 0 Å². The highest BCUT2D eigenvalue weighted by Crippen LogP contribution is 2.16. The zero-order valence-electron chi connectivity index (χ0n) is 9.19. The monoisotopic (exact) mass is 242 g/mol. The first-order valence-electron chi connectivity index (χ1n) is 5.27. The van der Waals surface area contributed by atoms with E-state index in [0.717, 1.165) is 11.3 Å². The van der Waals surface area contributed by atoms with Gasteiger partial charge in [-0.25, -0.2) is 0 Å². The summed E-state index contributed by atoms with van der Waals surface area (Å²) in [5, 5.41) is 0.665. The van der Waals surface area contributed by atoms with Gasteiger partial charge in [-0.15, -0.1) is 0 Å². The van der Waals surface area contributed by atoms with E-state index in [-0.39, 0.29) is 0 Å². The highest BCUT2D eigenvalue weighted by atomic mass is 35.5. The van der Waals surface area contributed by atoms with Gasteiger partial charge in [0.05, 0.1) is 0 Å². The zero-order chi connectivity index (χ0) is 11.9. The average molecular weight is 243 g/mol. The molecule has 0 aromatic heterocycles. The minimum Gasteiger partial charge on any atom is -0.481 e. The van der Waals surface area contributed by atoms with Crippen LogP contribution in [0.1, 0.15) is 5.56 Å². The first-order chi connectivity index (χ1) is 8.34. The van der Waals surface area contributed by atoms with E-state index >= 15 is 0 Å². The van der Waals surface area contributed by atoms with Gasteiger partial charge in [-0.05, 0) is 30.3 Å². The second-order valence-electron chi connectivity index (χ2n) is 3.41. The van der Waals surface area contributed by atoms with Crippen molar-refractivity contribution < 1.29 is 4.74 Å². The molecule has 2 heteroatoms. The molecule has 2 aromatic rings. The molecule has 0 aliphatic carbocycles. The first-order valence-corrected chi connectivity index (χ1v) is 5.65. The van der Waals surface area contributed by atoms with Crippen LogP contribution in [0.25, 0.3) is 0 Å². The number of rotatable bonds is 2. The maximum absolute atomic E-state index is 5.84. The molecule has 0 atom stereocenters. The molecule has 0 amide bonds. The van der Waals surface area contributed by atoms with Crippen molar-refractivity contribution in [3.63, 3.8) is 0 Å². The van der Waals surface area contributed by atoms with Gasteiger partial charge in [0.1, 0.15) is 12.4 Å². The smallest absolute Gasteiger partial charge is 0.149 e. The minimum absolute atomic E-state index is 0.356. The molecule has 0 aliphatic rings. The molecule has 0 fully saturated rings. The van der Waals surface area contributed by atoms with Crippen molar-refractivity contribution in [1.82, 2.24) is 0 Å². The molecule has 2 rings (SSSR count). The first kappa shape index (κ1) is 11.6. The van der Waals surface area contributed by atoms with Gasteiger partial charge < -0.3 is 4.74 Å². The van der Waals surface area contributed by atoms with Crippen LogP contribution in [0.5, 0.6) is 5.75 Å². The van der Waals surface area contributed by atoms with Crippen LogP contribution >= 0.6 is 11.6 Å². The Hall–Kier alpha value is -1.91. The topological polar surface area (TPSA) is 9.23 Å². The molecule has 0 radical (unpaired) electrons. The van der Waals surface area contributed by atoms with Crippen LogP contribution in [0.15, 0.2) is 54.6 Å². The zero-order valence-corrected chi connectivity index (χ0v) is 9.95. The van der Waals surface area contributed by atoms with Crippen molar-refractivity contribution in [2.75, 3.05) is 6.61 Å². The molecule has 84 valence electrons.